The zero-order chi connectivity index (χ0) is 14.2. The zero-order valence-corrected chi connectivity index (χ0v) is 12.2. The third-order valence-electron chi connectivity index (χ3n) is 3.44. The van der Waals surface area contributed by atoms with Crippen LogP contribution in [0.4, 0.5) is 10.7 Å². The fraction of sp³-hybridized carbons (Fsp3) is 0.538. The summed E-state index contributed by atoms with van der Waals surface area (Å²) in [6, 6.07) is 2.13. The molecule has 102 valence electrons. The van der Waals surface area contributed by atoms with Crippen molar-refractivity contribution < 1.29 is 4.79 Å². The first-order valence-corrected chi connectivity index (χ1v) is 7.00. The predicted molar refractivity (Wildman–Crippen MR) is 77.4 cm³/mol. The number of thiophene rings is 1. The molecule has 5 nitrogen and oxygen atoms in total. The number of nitrogens with two attached hydrogens (primary N) is 1. The van der Waals surface area contributed by atoms with Crippen LogP contribution in [0.1, 0.15) is 35.5 Å². The van der Waals surface area contributed by atoms with E-state index in [0.29, 0.717) is 16.1 Å². The van der Waals surface area contributed by atoms with E-state index in [-0.39, 0.29) is 11.3 Å². The highest BCUT2D eigenvalue weighted by Crippen LogP contribution is 2.42. The molecule has 0 saturated carbocycles. The third kappa shape index (κ3) is 2.38. The summed E-state index contributed by atoms with van der Waals surface area (Å²) in [6.45, 7) is 6.19. The van der Waals surface area contributed by atoms with Gasteiger partial charge in [-0.05, 0) is 11.8 Å². The molecule has 1 aromatic heterocycles. The number of nitrogens with zero attached hydrogens (tertiary/aromatic N) is 2. The molecule has 1 aromatic rings. The smallest absolute Gasteiger partial charge is 0.263 e. The maximum atomic E-state index is 11.7. The summed E-state index contributed by atoms with van der Waals surface area (Å²) in [6.07, 6.45) is 1.07. The number of carbonyl (C=O) groups is 1. The fourth-order valence-electron chi connectivity index (χ4n) is 2.33. The molecular formula is C13H18N4OS. The number of nitrogen functional groups attached to an aromatic ring is 1. The molecule has 1 aliphatic rings. The van der Waals surface area contributed by atoms with E-state index in [1.807, 2.05) is 0 Å². The number of nitriles is 1. The van der Waals surface area contributed by atoms with E-state index < -0.39 is 0 Å². The molecule has 1 amide bonds. The van der Waals surface area contributed by atoms with Crippen LogP contribution in [-0.2, 0) is 0 Å². The molecule has 19 heavy (non-hydrogen) atoms. The average Bonchev–Trinajstić information content (AvgIpc) is 2.88. The summed E-state index contributed by atoms with van der Waals surface area (Å²) in [5.74, 6) is -0.233. The molecule has 0 bridgehead atoms. The number of hydrogen-bond donors (Lipinski definition) is 2. The summed E-state index contributed by atoms with van der Waals surface area (Å²) >= 11 is 1.31. The quantitative estimate of drug-likeness (QED) is 0.864. The number of amides is 1. The fourth-order valence-corrected chi connectivity index (χ4v) is 3.47. The number of rotatable bonds is 2. The number of hydrogen-bond acceptors (Lipinski definition) is 5. The van der Waals surface area contributed by atoms with Crippen LogP contribution in [0.2, 0.25) is 0 Å². The van der Waals surface area contributed by atoms with E-state index in [2.05, 4.69) is 30.1 Å². The van der Waals surface area contributed by atoms with Gasteiger partial charge in [-0.25, -0.2) is 0 Å². The standard InChI is InChI=1S/C13H18N4OS/c1-13(2)4-5-17(7-13)12-8(6-14)9(15)10(19-12)11(18)16-3/h4-5,7,15H2,1-3H3,(H,16,18). The summed E-state index contributed by atoms with van der Waals surface area (Å²) < 4.78 is 0. The molecule has 2 heterocycles. The number of anilines is 2. The first kappa shape index (κ1) is 13.7. The molecule has 0 unspecified atom stereocenters. The van der Waals surface area contributed by atoms with Crippen molar-refractivity contribution in [3.05, 3.63) is 10.4 Å². The van der Waals surface area contributed by atoms with Gasteiger partial charge in [0.25, 0.3) is 5.91 Å². The van der Waals surface area contributed by atoms with E-state index in [0.717, 1.165) is 24.5 Å². The van der Waals surface area contributed by atoms with E-state index in [1.54, 1.807) is 7.05 Å². The molecule has 0 atom stereocenters. The Morgan fingerprint density at radius 1 is 1.58 bits per heavy atom. The molecule has 0 aromatic carbocycles. The van der Waals surface area contributed by atoms with E-state index >= 15 is 0 Å². The topological polar surface area (TPSA) is 82.2 Å². The summed E-state index contributed by atoms with van der Waals surface area (Å²) in [5.41, 5.74) is 6.89. The molecule has 0 spiro atoms. The Hall–Kier alpha value is -1.74. The molecule has 2 rings (SSSR count). The molecule has 1 fully saturated rings. The van der Waals surface area contributed by atoms with E-state index in [1.165, 1.54) is 11.3 Å². The highest BCUT2D eigenvalue weighted by atomic mass is 32.1. The molecule has 0 aliphatic carbocycles. The highest BCUT2D eigenvalue weighted by Gasteiger charge is 2.33. The van der Waals surface area contributed by atoms with Crippen LogP contribution in [0.3, 0.4) is 0 Å². The van der Waals surface area contributed by atoms with Crippen LogP contribution in [0, 0.1) is 16.7 Å². The molecule has 0 radical (unpaired) electrons. The molecular weight excluding hydrogens is 260 g/mol. The average molecular weight is 278 g/mol. The van der Waals surface area contributed by atoms with Crippen molar-refractivity contribution in [2.45, 2.75) is 20.3 Å². The normalized spacial score (nSPS) is 17.3. The van der Waals surface area contributed by atoms with Gasteiger partial charge >= 0.3 is 0 Å². The third-order valence-corrected chi connectivity index (χ3v) is 4.70. The maximum absolute atomic E-state index is 11.7. The first-order chi connectivity index (χ1) is 8.89. The van der Waals surface area contributed by atoms with Crippen molar-refractivity contribution in [1.82, 2.24) is 5.32 Å². The molecule has 1 aliphatic heterocycles. The van der Waals surface area contributed by atoms with Crippen LogP contribution in [0.25, 0.3) is 0 Å². The van der Waals surface area contributed by atoms with Gasteiger partial charge in [-0.2, -0.15) is 5.26 Å². The second-order valence-electron chi connectivity index (χ2n) is 5.55. The van der Waals surface area contributed by atoms with Crippen LogP contribution in [-0.4, -0.2) is 26.0 Å². The minimum absolute atomic E-state index is 0.233. The predicted octanol–water partition coefficient (Wildman–Crippen LogP) is 1.80. The Morgan fingerprint density at radius 2 is 2.26 bits per heavy atom. The van der Waals surface area contributed by atoms with Gasteiger partial charge in [-0.3, -0.25) is 4.79 Å². The van der Waals surface area contributed by atoms with Gasteiger partial charge in [0, 0.05) is 20.1 Å². The SMILES string of the molecule is CNC(=O)c1sc(N2CCC(C)(C)C2)c(C#N)c1N. The number of carbonyl (C=O) groups excluding carboxylic acids is 1. The van der Waals surface area contributed by atoms with Gasteiger partial charge in [-0.1, -0.05) is 13.8 Å². The Labute approximate surface area is 117 Å². The van der Waals surface area contributed by atoms with Crippen LogP contribution in [0.15, 0.2) is 0 Å². The Bertz CT molecular complexity index is 556. The Kier molecular flexibility index (Phi) is 3.42. The van der Waals surface area contributed by atoms with Crippen LogP contribution < -0.4 is 16.0 Å². The second kappa shape index (κ2) is 4.74. The summed E-state index contributed by atoms with van der Waals surface area (Å²) in [4.78, 5) is 14.3. The van der Waals surface area contributed by atoms with Gasteiger partial charge in [0.2, 0.25) is 0 Å². The first-order valence-electron chi connectivity index (χ1n) is 6.19. The van der Waals surface area contributed by atoms with Gasteiger partial charge in [-0.15, -0.1) is 11.3 Å². The Morgan fingerprint density at radius 3 is 2.74 bits per heavy atom. The minimum atomic E-state index is -0.233. The van der Waals surface area contributed by atoms with E-state index in [9.17, 15) is 10.1 Å². The number of nitrogens with one attached hydrogen (secondary N) is 1. The van der Waals surface area contributed by atoms with Crippen molar-refractivity contribution >= 4 is 27.9 Å². The van der Waals surface area contributed by atoms with Crippen molar-refractivity contribution in [2.75, 3.05) is 30.8 Å². The molecule has 6 heteroatoms. The lowest BCUT2D eigenvalue weighted by Crippen LogP contribution is -2.22. The lowest BCUT2D eigenvalue weighted by Gasteiger charge is -2.20. The zero-order valence-electron chi connectivity index (χ0n) is 11.4. The summed E-state index contributed by atoms with van der Waals surface area (Å²) in [7, 11) is 1.56. The monoisotopic (exact) mass is 278 g/mol. The lowest BCUT2D eigenvalue weighted by molar-refractivity contribution is 0.0968. The van der Waals surface area contributed by atoms with Gasteiger partial charge in [0.05, 0.1) is 5.69 Å². The van der Waals surface area contributed by atoms with Gasteiger partial charge in [0.15, 0.2) is 0 Å². The van der Waals surface area contributed by atoms with Gasteiger partial charge in [0.1, 0.15) is 21.5 Å². The highest BCUT2D eigenvalue weighted by molar-refractivity contribution is 7.19. The van der Waals surface area contributed by atoms with Crippen molar-refractivity contribution in [3.8, 4) is 6.07 Å². The lowest BCUT2D eigenvalue weighted by atomic mass is 9.93. The van der Waals surface area contributed by atoms with Crippen molar-refractivity contribution in [2.24, 2.45) is 5.41 Å². The second-order valence-corrected chi connectivity index (χ2v) is 6.55. The molecule has 3 N–H and O–H groups in total. The van der Waals surface area contributed by atoms with Crippen LogP contribution >= 0.6 is 11.3 Å². The maximum Gasteiger partial charge on any atom is 0.263 e. The van der Waals surface area contributed by atoms with Gasteiger partial charge < -0.3 is 16.0 Å². The summed E-state index contributed by atoms with van der Waals surface area (Å²) in [5, 5.41) is 12.7. The van der Waals surface area contributed by atoms with Crippen molar-refractivity contribution in [3.63, 3.8) is 0 Å². The van der Waals surface area contributed by atoms with Crippen molar-refractivity contribution in [1.29, 1.82) is 5.26 Å². The van der Waals surface area contributed by atoms with E-state index in [4.69, 9.17) is 5.73 Å². The Balaban J connectivity index is 2.42. The minimum Gasteiger partial charge on any atom is -0.396 e. The molecule has 1 saturated heterocycles. The van der Waals surface area contributed by atoms with Crippen LogP contribution in [0.5, 0.6) is 0 Å². The largest absolute Gasteiger partial charge is 0.396 e.